The fraction of sp³-hybridized carbons (Fsp3) is 0.360. The van der Waals surface area contributed by atoms with Gasteiger partial charge in [-0.05, 0) is 31.0 Å². The van der Waals surface area contributed by atoms with Crippen LogP contribution in [0.1, 0.15) is 32.3 Å². The molecule has 2 N–H and O–H groups in total. The molecule has 0 unspecified atom stereocenters. The van der Waals surface area contributed by atoms with Crippen LogP contribution in [0, 0.1) is 0 Å². The highest BCUT2D eigenvalue weighted by atomic mass is 16.6. The zero-order valence-corrected chi connectivity index (χ0v) is 19.7. The van der Waals surface area contributed by atoms with Crippen molar-refractivity contribution in [2.24, 2.45) is 5.16 Å². The minimum absolute atomic E-state index is 0.0882. The number of nitrogens with zero attached hydrogens (tertiary/aromatic N) is 3. The maximum absolute atomic E-state index is 12.8. The van der Waals surface area contributed by atoms with E-state index in [0.717, 1.165) is 16.7 Å². The molecule has 2 heterocycles. The van der Waals surface area contributed by atoms with E-state index in [1.165, 1.54) is 4.90 Å². The van der Waals surface area contributed by atoms with Gasteiger partial charge in [-0.3, -0.25) is 9.59 Å². The van der Waals surface area contributed by atoms with Crippen LogP contribution in [0.15, 0.2) is 60.1 Å². The number of methoxy groups -OCH3 is 1. The number of likely N-dealkylation sites (tertiary alicyclic amines) is 1. The normalized spacial score (nSPS) is 17.1. The number of aromatic nitrogens is 1. The lowest BCUT2D eigenvalue weighted by Crippen LogP contribution is -2.45. The van der Waals surface area contributed by atoms with Crippen molar-refractivity contribution in [3.05, 3.63) is 60.5 Å². The number of rotatable bonds is 9. The van der Waals surface area contributed by atoms with E-state index in [0.29, 0.717) is 18.1 Å². The van der Waals surface area contributed by atoms with Gasteiger partial charge < -0.3 is 24.9 Å². The van der Waals surface area contributed by atoms with Crippen molar-refractivity contribution in [3.8, 4) is 17.0 Å². The summed E-state index contributed by atoms with van der Waals surface area (Å²) in [4.78, 5) is 36.2. The summed E-state index contributed by atoms with van der Waals surface area (Å²) in [6, 6.07) is 10.7. The number of pyridine rings is 1. The molecule has 9 heteroatoms. The van der Waals surface area contributed by atoms with Gasteiger partial charge in [0.15, 0.2) is 0 Å². The Labute approximate surface area is 199 Å². The third kappa shape index (κ3) is 6.64. The van der Waals surface area contributed by atoms with E-state index in [1.54, 1.807) is 33.2 Å². The average Bonchev–Trinajstić information content (AvgIpc) is 3.23. The molecule has 3 rings (SSSR count). The minimum atomic E-state index is -0.762. The predicted molar refractivity (Wildman–Crippen MR) is 128 cm³/mol. The van der Waals surface area contributed by atoms with Gasteiger partial charge in [-0.15, -0.1) is 0 Å². The van der Waals surface area contributed by atoms with Crippen LogP contribution in [0.3, 0.4) is 0 Å². The molecule has 1 aliphatic heterocycles. The fourth-order valence-corrected chi connectivity index (χ4v) is 3.59. The smallest absolute Gasteiger partial charge is 0.243 e. The zero-order chi connectivity index (χ0) is 24.7. The van der Waals surface area contributed by atoms with Gasteiger partial charge in [0.2, 0.25) is 17.7 Å². The first kappa shape index (κ1) is 24.9. The Kier molecular flexibility index (Phi) is 8.37. The molecule has 0 saturated carbocycles. The van der Waals surface area contributed by atoms with E-state index in [1.807, 2.05) is 30.3 Å². The Morgan fingerprint density at radius 1 is 1.21 bits per heavy atom. The summed E-state index contributed by atoms with van der Waals surface area (Å²) < 4.78 is 5.08. The van der Waals surface area contributed by atoms with E-state index in [4.69, 9.17) is 9.57 Å². The van der Waals surface area contributed by atoms with E-state index < -0.39 is 12.1 Å². The van der Waals surface area contributed by atoms with Gasteiger partial charge in [-0.1, -0.05) is 36.0 Å². The quantitative estimate of drug-likeness (QED) is 0.334. The lowest BCUT2D eigenvalue weighted by atomic mass is 10.1. The van der Waals surface area contributed by atoms with Crippen LogP contribution in [0.25, 0.3) is 11.1 Å². The van der Waals surface area contributed by atoms with Crippen LogP contribution in [0.2, 0.25) is 0 Å². The van der Waals surface area contributed by atoms with Gasteiger partial charge in [0.25, 0.3) is 0 Å². The van der Waals surface area contributed by atoms with Crippen LogP contribution < -0.4 is 10.1 Å². The molecule has 9 nitrogen and oxygen atoms in total. The van der Waals surface area contributed by atoms with E-state index >= 15 is 0 Å². The maximum Gasteiger partial charge on any atom is 0.243 e. The molecule has 2 amide bonds. The highest BCUT2D eigenvalue weighted by molar-refractivity contribution is 5.89. The fourth-order valence-electron chi connectivity index (χ4n) is 3.59. The second kappa shape index (κ2) is 11.4. The highest BCUT2D eigenvalue weighted by Gasteiger charge is 2.38. The second-order valence-corrected chi connectivity index (χ2v) is 8.30. The van der Waals surface area contributed by atoms with Gasteiger partial charge in [-0.2, -0.15) is 0 Å². The Morgan fingerprint density at radius 2 is 1.91 bits per heavy atom. The van der Waals surface area contributed by atoms with Crippen molar-refractivity contribution in [1.29, 1.82) is 0 Å². The molecule has 0 bridgehead atoms. The Bertz CT molecular complexity index is 1050. The number of benzene rings is 1. The highest BCUT2D eigenvalue weighted by Crippen LogP contribution is 2.22. The summed E-state index contributed by atoms with van der Waals surface area (Å²) in [6.07, 6.45) is 1.04. The molecule has 2 aromatic rings. The van der Waals surface area contributed by atoms with Gasteiger partial charge in [0.05, 0.1) is 25.3 Å². The maximum atomic E-state index is 12.8. The Hall–Kier alpha value is -3.72. The zero-order valence-electron chi connectivity index (χ0n) is 19.7. The first-order chi connectivity index (χ1) is 16.3. The predicted octanol–water partition coefficient (Wildman–Crippen LogP) is 2.65. The Morgan fingerprint density at radius 3 is 2.53 bits per heavy atom. The number of aliphatic hydroxyl groups is 1. The molecule has 180 valence electrons. The summed E-state index contributed by atoms with van der Waals surface area (Å²) in [5.74, 6) is 0.0679. The number of aliphatic hydroxyl groups excluding tert-OH is 1. The lowest BCUT2D eigenvalue weighted by Gasteiger charge is -2.23. The first-order valence-electron chi connectivity index (χ1n) is 11.0. The number of carbonyl (C=O) groups is 2. The molecule has 1 saturated heterocycles. The standard InChI is InChI=1S/C25H30N4O5/c1-16(2)28-34-17(3)11-24(31)29-15-21(30)12-22(29)25(32)27-13-18-5-7-19(8-6-18)20-9-10-23(33-4)26-14-20/h5-10,14,21-22,30H,3,11-13,15H2,1-2,4H3,(H,27,32)/t21-,22+/m1/s1. The molecular formula is C25H30N4O5. The van der Waals surface area contributed by atoms with Crippen LogP contribution in [0.5, 0.6) is 5.88 Å². The molecule has 34 heavy (non-hydrogen) atoms. The van der Waals surface area contributed by atoms with Crippen molar-refractivity contribution < 1.29 is 24.3 Å². The number of nitrogens with one attached hydrogen (secondary N) is 1. The summed E-state index contributed by atoms with van der Waals surface area (Å²) in [5.41, 5.74) is 3.54. The molecule has 0 radical (unpaired) electrons. The number of carbonyl (C=O) groups excluding carboxylic acids is 2. The van der Waals surface area contributed by atoms with Crippen LogP contribution in [-0.4, -0.2) is 58.3 Å². The first-order valence-corrected chi connectivity index (χ1v) is 11.0. The van der Waals surface area contributed by atoms with Crippen molar-refractivity contribution in [3.63, 3.8) is 0 Å². The summed E-state index contributed by atoms with van der Waals surface area (Å²) in [7, 11) is 1.57. The van der Waals surface area contributed by atoms with Crippen molar-refractivity contribution in [1.82, 2.24) is 15.2 Å². The number of ether oxygens (including phenoxy) is 1. The molecular weight excluding hydrogens is 436 g/mol. The molecule has 1 aliphatic rings. The monoisotopic (exact) mass is 466 g/mol. The van der Waals surface area contributed by atoms with Gasteiger partial charge in [-0.25, -0.2) is 4.98 Å². The van der Waals surface area contributed by atoms with Crippen LogP contribution in [-0.2, 0) is 21.0 Å². The molecule has 2 atom stereocenters. The molecule has 1 aromatic heterocycles. The summed E-state index contributed by atoms with van der Waals surface area (Å²) in [6.45, 7) is 7.60. The topological polar surface area (TPSA) is 113 Å². The number of hydrogen-bond donors (Lipinski definition) is 2. The average molecular weight is 467 g/mol. The van der Waals surface area contributed by atoms with E-state index in [9.17, 15) is 14.7 Å². The number of oxime groups is 1. The van der Waals surface area contributed by atoms with Crippen LogP contribution in [0.4, 0.5) is 0 Å². The molecule has 1 aromatic carbocycles. The summed E-state index contributed by atoms with van der Waals surface area (Å²) >= 11 is 0. The van der Waals surface area contributed by atoms with E-state index in [-0.39, 0.29) is 37.0 Å². The number of amides is 2. The molecule has 0 aliphatic carbocycles. The number of hydrogen-bond acceptors (Lipinski definition) is 7. The number of β-amino-alcohol motifs (C(OH)–C–C–N with tert-alkyl or cyclic N) is 1. The third-order valence-electron chi connectivity index (χ3n) is 5.31. The molecule has 1 fully saturated rings. The lowest BCUT2D eigenvalue weighted by molar-refractivity contribution is -0.138. The van der Waals surface area contributed by atoms with Gasteiger partial charge >= 0.3 is 0 Å². The van der Waals surface area contributed by atoms with Crippen molar-refractivity contribution in [2.45, 2.75) is 45.4 Å². The molecule has 0 spiro atoms. The largest absolute Gasteiger partial charge is 0.481 e. The Balaban J connectivity index is 1.56. The SMILES string of the molecule is C=C(CC(=O)N1C[C@H](O)C[C@H]1C(=O)NCc1ccc(-c2ccc(OC)nc2)cc1)ON=C(C)C. The van der Waals surface area contributed by atoms with Crippen molar-refractivity contribution >= 4 is 17.5 Å². The second-order valence-electron chi connectivity index (χ2n) is 8.30. The van der Waals surface area contributed by atoms with E-state index in [2.05, 4.69) is 22.0 Å². The van der Waals surface area contributed by atoms with Gasteiger partial charge in [0.1, 0.15) is 11.8 Å². The van der Waals surface area contributed by atoms with Crippen LogP contribution >= 0.6 is 0 Å². The van der Waals surface area contributed by atoms with Gasteiger partial charge in [0, 0.05) is 37.3 Å². The third-order valence-corrected chi connectivity index (χ3v) is 5.31. The minimum Gasteiger partial charge on any atom is -0.481 e. The van der Waals surface area contributed by atoms with Crippen molar-refractivity contribution in [2.75, 3.05) is 13.7 Å². The summed E-state index contributed by atoms with van der Waals surface area (Å²) in [5, 5.41) is 16.7.